The van der Waals surface area contributed by atoms with Crippen LogP contribution in [0.15, 0.2) is 0 Å². The molecule has 6 atom stereocenters. The highest BCUT2D eigenvalue weighted by Crippen LogP contribution is 2.66. The number of hydrogen-bond acceptors (Lipinski definition) is 0. The standard InChI is InChI=1S/C15H23N/c1-9(2)12-8-15(3)7-10-5-11(12)13(15)6-14(10)16-4/h9-14H,5-8H2,1-3H3/t10-,11+,12-,13+,14-,15-/m1/s1. The summed E-state index contributed by atoms with van der Waals surface area (Å²) in [4.78, 5) is 3.88. The summed E-state index contributed by atoms with van der Waals surface area (Å²) in [6.45, 7) is 14.6. The normalized spacial score (nSPS) is 54.3. The van der Waals surface area contributed by atoms with Gasteiger partial charge in [-0.05, 0) is 48.3 Å². The van der Waals surface area contributed by atoms with Crippen molar-refractivity contribution in [2.45, 2.75) is 52.5 Å². The van der Waals surface area contributed by atoms with Crippen LogP contribution in [0.3, 0.4) is 0 Å². The highest BCUT2D eigenvalue weighted by Gasteiger charge is 2.62. The molecule has 0 spiro atoms. The molecule has 4 bridgehead atoms. The second-order valence-electron chi connectivity index (χ2n) is 7.17. The van der Waals surface area contributed by atoms with Gasteiger partial charge in [-0.15, -0.1) is 0 Å². The van der Waals surface area contributed by atoms with Crippen molar-refractivity contribution in [3.05, 3.63) is 11.4 Å². The molecule has 0 heterocycles. The van der Waals surface area contributed by atoms with Gasteiger partial charge in [-0.2, -0.15) is 0 Å². The predicted molar refractivity (Wildman–Crippen MR) is 65.8 cm³/mol. The lowest BCUT2D eigenvalue weighted by atomic mass is 9.55. The van der Waals surface area contributed by atoms with Crippen LogP contribution in [0.2, 0.25) is 0 Å². The lowest BCUT2D eigenvalue weighted by Crippen LogP contribution is -2.46. The molecule has 4 aliphatic rings. The maximum absolute atomic E-state index is 7.33. The number of rotatable bonds is 1. The molecule has 1 heteroatoms. The lowest BCUT2D eigenvalue weighted by molar-refractivity contribution is 0.00906. The van der Waals surface area contributed by atoms with E-state index in [9.17, 15) is 0 Å². The minimum Gasteiger partial charge on any atom is -0.313 e. The molecule has 0 aromatic rings. The number of fused-ring (bicyclic) bond motifs is 1. The summed E-state index contributed by atoms with van der Waals surface area (Å²) in [5.74, 6) is 4.37. The van der Waals surface area contributed by atoms with Crippen molar-refractivity contribution in [2.75, 3.05) is 0 Å². The van der Waals surface area contributed by atoms with Crippen LogP contribution >= 0.6 is 0 Å². The Morgan fingerprint density at radius 3 is 2.56 bits per heavy atom. The predicted octanol–water partition coefficient (Wildman–Crippen LogP) is 4.00. The molecule has 88 valence electrons. The van der Waals surface area contributed by atoms with E-state index in [4.69, 9.17) is 6.57 Å². The van der Waals surface area contributed by atoms with Crippen molar-refractivity contribution in [1.29, 1.82) is 0 Å². The Morgan fingerprint density at radius 2 is 2.00 bits per heavy atom. The van der Waals surface area contributed by atoms with Crippen LogP contribution < -0.4 is 0 Å². The van der Waals surface area contributed by atoms with Crippen LogP contribution in [0.4, 0.5) is 0 Å². The average Bonchev–Trinajstić information content (AvgIpc) is 2.44. The zero-order valence-electron chi connectivity index (χ0n) is 10.7. The molecular weight excluding hydrogens is 194 g/mol. The quantitative estimate of drug-likeness (QED) is 0.585. The van der Waals surface area contributed by atoms with Gasteiger partial charge < -0.3 is 4.85 Å². The van der Waals surface area contributed by atoms with Gasteiger partial charge in [0, 0.05) is 12.3 Å². The van der Waals surface area contributed by atoms with Gasteiger partial charge in [-0.1, -0.05) is 20.8 Å². The third-order valence-electron chi connectivity index (χ3n) is 6.03. The van der Waals surface area contributed by atoms with E-state index < -0.39 is 0 Å². The molecule has 4 saturated carbocycles. The summed E-state index contributed by atoms with van der Waals surface area (Å²) in [6.07, 6.45) is 5.39. The summed E-state index contributed by atoms with van der Waals surface area (Å²) in [5.41, 5.74) is 0.601. The van der Waals surface area contributed by atoms with E-state index >= 15 is 0 Å². The van der Waals surface area contributed by atoms with Gasteiger partial charge in [0.1, 0.15) is 0 Å². The average molecular weight is 217 g/mol. The van der Waals surface area contributed by atoms with Gasteiger partial charge in [0.2, 0.25) is 6.04 Å². The molecule has 0 unspecified atom stereocenters. The second-order valence-corrected chi connectivity index (χ2v) is 7.17. The molecule has 4 fully saturated rings. The van der Waals surface area contributed by atoms with Gasteiger partial charge in [0.25, 0.3) is 0 Å². The van der Waals surface area contributed by atoms with Crippen LogP contribution in [0.1, 0.15) is 46.5 Å². The maximum atomic E-state index is 7.33. The Balaban J connectivity index is 1.91. The van der Waals surface area contributed by atoms with E-state index in [0.29, 0.717) is 11.5 Å². The first-order valence-corrected chi connectivity index (χ1v) is 6.92. The van der Waals surface area contributed by atoms with E-state index in [1.165, 1.54) is 25.7 Å². The highest BCUT2D eigenvalue weighted by atomic mass is 14.8. The largest absolute Gasteiger partial charge is 0.313 e. The molecule has 0 aromatic carbocycles. The Labute approximate surface area is 99.4 Å². The zero-order valence-corrected chi connectivity index (χ0v) is 10.7. The van der Waals surface area contributed by atoms with Crippen LogP contribution in [0.25, 0.3) is 4.85 Å². The van der Waals surface area contributed by atoms with Crippen molar-refractivity contribution < 1.29 is 0 Å². The summed E-state index contributed by atoms with van der Waals surface area (Å²) in [7, 11) is 0. The van der Waals surface area contributed by atoms with Gasteiger partial charge in [-0.25, -0.2) is 6.57 Å². The molecule has 0 amide bonds. The van der Waals surface area contributed by atoms with E-state index in [0.717, 1.165) is 29.6 Å². The molecule has 4 rings (SSSR count). The molecule has 0 aliphatic heterocycles. The van der Waals surface area contributed by atoms with Crippen LogP contribution in [-0.4, -0.2) is 6.04 Å². The fourth-order valence-electron chi connectivity index (χ4n) is 5.36. The fraction of sp³-hybridized carbons (Fsp3) is 0.933. The van der Waals surface area contributed by atoms with Gasteiger partial charge in [0.15, 0.2) is 0 Å². The van der Waals surface area contributed by atoms with E-state index in [-0.39, 0.29) is 0 Å². The Hall–Kier alpha value is -0.510. The summed E-state index contributed by atoms with van der Waals surface area (Å²) in [5, 5.41) is 0. The molecule has 0 N–H and O–H groups in total. The maximum Gasteiger partial charge on any atom is 0.226 e. The van der Waals surface area contributed by atoms with Crippen molar-refractivity contribution in [1.82, 2.24) is 0 Å². The van der Waals surface area contributed by atoms with Crippen LogP contribution in [0.5, 0.6) is 0 Å². The third-order valence-corrected chi connectivity index (χ3v) is 6.03. The first-order valence-electron chi connectivity index (χ1n) is 6.92. The van der Waals surface area contributed by atoms with Gasteiger partial charge in [-0.3, -0.25) is 0 Å². The summed E-state index contributed by atoms with van der Waals surface area (Å²) >= 11 is 0. The van der Waals surface area contributed by atoms with E-state index in [1.54, 1.807) is 0 Å². The first kappa shape index (κ1) is 10.6. The molecular formula is C15H23N. The Morgan fingerprint density at radius 1 is 1.25 bits per heavy atom. The SMILES string of the molecule is [C-]#[N+][C@@H]1C[C@H]2[C@H]3C[C@@H]1C[C@]2(C)C[C@@H]3C(C)C. The van der Waals surface area contributed by atoms with E-state index in [2.05, 4.69) is 25.6 Å². The molecule has 0 radical (unpaired) electrons. The van der Waals surface area contributed by atoms with Gasteiger partial charge >= 0.3 is 0 Å². The third kappa shape index (κ3) is 1.22. The van der Waals surface area contributed by atoms with Crippen molar-refractivity contribution in [2.24, 2.45) is 35.0 Å². The molecule has 4 aliphatic carbocycles. The molecule has 0 saturated heterocycles. The summed E-state index contributed by atoms with van der Waals surface area (Å²) in [6, 6.07) is 0.375. The number of nitrogens with zero attached hydrogens (tertiary/aromatic N) is 1. The second kappa shape index (κ2) is 3.25. The van der Waals surface area contributed by atoms with Gasteiger partial charge in [0.05, 0.1) is 0 Å². The van der Waals surface area contributed by atoms with Crippen molar-refractivity contribution in [3.63, 3.8) is 0 Å². The lowest BCUT2D eigenvalue weighted by Gasteiger charge is -2.48. The molecule has 16 heavy (non-hydrogen) atoms. The highest BCUT2D eigenvalue weighted by molar-refractivity contribution is 5.12. The van der Waals surface area contributed by atoms with E-state index in [1.807, 2.05) is 0 Å². The zero-order chi connectivity index (χ0) is 11.5. The topological polar surface area (TPSA) is 4.36 Å². The molecule has 1 nitrogen and oxygen atoms in total. The molecule has 0 aromatic heterocycles. The van der Waals surface area contributed by atoms with Crippen molar-refractivity contribution >= 4 is 0 Å². The van der Waals surface area contributed by atoms with Crippen LogP contribution in [0, 0.1) is 41.6 Å². The summed E-state index contributed by atoms with van der Waals surface area (Å²) < 4.78 is 0. The Kier molecular flexibility index (Phi) is 2.16. The van der Waals surface area contributed by atoms with Crippen LogP contribution in [-0.2, 0) is 0 Å². The Bertz CT molecular complexity index is 340. The fourth-order valence-corrected chi connectivity index (χ4v) is 5.36. The first-order chi connectivity index (χ1) is 7.55. The minimum atomic E-state index is 0.375. The monoisotopic (exact) mass is 217 g/mol. The minimum absolute atomic E-state index is 0.375. The number of hydrogen-bond donors (Lipinski definition) is 0. The smallest absolute Gasteiger partial charge is 0.226 e. The van der Waals surface area contributed by atoms with Crippen molar-refractivity contribution in [3.8, 4) is 0 Å².